The van der Waals surface area contributed by atoms with Gasteiger partial charge in [-0.3, -0.25) is 0 Å². The maximum absolute atomic E-state index is 6.03. The first kappa shape index (κ1) is 12.2. The van der Waals surface area contributed by atoms with Crippen LogP contribution in [0.25, 0.3) is 0 Å². The predicted octanol–water partition coefficient (Wildman–Crippen LogP) is 4.18. The summed E-state index contributed by atoms with van der Waals surface area (Å²) >= 11 is 9.31. The second kappa shape index (κ2) is 4.94. The SMILES string of the molecule is Cc1ccc(Cl)c(Oc2ncc(Br)cc2N)c1. The summed E-state index contributed by atoms with van der Waals surface area (Å²) in [5.41, 5.74) is 7.31. The minimum absolute atomic E-state index is 0.348. The molecule has 1 aromatic heterocycles. The van der Waals surface area contributed by atoms with Crippen LogP contribution in [-0.2, 0) is 0 Å². The van der Waals surface area contributed by atoms with Crippen LogP contribution in [0, 0.1) is 6.92 Å². The number of benzene rings is 1. The van der Waals surface area contributed by atoms with Crippen molar-refractivity contribution in [3.8, 4) is 11.6 Å². The third-order valence-electron chi connectivity index (χ3n) is 2.14. The number of ether oxygens (including phenoxy) is 1. The number of nitrogens with zero attached hydrogens (tertiary/aromatic N) is 1. The molecule has 88 valence electrons. The van der Waals surface area contributed by atoms with Gasteiger partial charge in [0.2, 0.25) is 5.88 Å². The summed E-state index contributed by atoms with van der Waals surface area (Å²) in [5.74, 6) is 0.897. The number of nitrogens with two attached hydrogens (primary N) is 1. The van der Waals surface area contributed by atoms with Crippen molar-refractivity contribution in [2.45, 2.75) is 6.92 Å². The molecule has 0 radical (unpaired) electrons. The van der Waals surface area contributed by atoms with Gasteiger partial charge in [0.05, 0.1) is 10.7 Å². The minimum Gasteiger partial charge on any atom is -0.435 e. The standard InChI is InChI=1S/C12H10BrClN2O/c1-7-2-3-9(14)11(4-7)17-12-10(15)5-8(13)6-16-12/h2-6H,15H2,1H3. The lowest BCUT2D eigenvalue weighted by molar-refractivity contribution is 0.465. The first-order valence-corrected chi connectivity index (χ1v) is 6.08. The third kappa shape index (κ3) is 2.90. The average Bonchev–Trinajstić information content (AvgIpc) is 2.27. The largest absolute Gasteiger partial charge is 0.435 e. The Bertz CT molecular complexity index is 560. The molecule has 5 heteroatoms. The number of anilines is 1. The van der Waals surface area contributed by atoms with E-state index in [1.165, 1.54) is 0 Å². The molecule has 2 N–H and O–H groups in total. The number of aryl methyl sites for hydroxylation is 1. The van der Waals surface area contributed by atoms with Gasteiger partial charge in [0.15, 0.2) is 0 Å². The van der Waals surface area contributed by atoms with Gasteiger partial charge in [-0.1, -0.05) is 17.7 Å². The molecule has 0 aliphatic heterocycles. The molecule has 2 rings (SSSR count). The molecule has 0 saturated carbocycles. The van der Waals surface area contributed by atoms with Crippen LogP contribution in [0.15, 0.2) is 34.9 Å². The number of pyridine rings is 1. The fraction of sp³-hybridized carbons (Fsp3) is 0.0833. The monoisotopic (exact) mass is 312 g/mol. The Morgan fingerprint density at radius 1 is 1.35 bits per heavy atom. The van der Waals surface area contributed by atoms with Gasteiger partial charge < -0.3 is 10.5 Å². The summed E-state index contributed by atoms with van der Waals surface area (Å²) in [6.07, 6.45) is 1.62. The molecular formula is C12H10BrClN2O. The van der Waals surface area contributed by atoms with Crippen molar-refractivity contribution in [3.63, 3.8) is 0 Å². The summed E-state index contributed by atoms with van der Waals surface area (Å²) in [6.45, 7) is 1.96. The smallest absolute Gasteiger partial charge is 0.242 e. The average molecular weight is 314 g/mol. The topological polar surface area (TPSA) is 48.1 Å². The van der Waals surface area contributed by atoms with Crippen LogP contribution in [0.2, 0.25) is 5.02 Å². The zero-order valence-electron chi connectivity index (χ0n) is 9.08. The normalized spacial score (nSPS) is 10.3. The van der Waals surface area contributed by atoms with Crippen molar-refractivity contribution in [2.24, 2.45) is 0 Å². The highest BCUT2D eigenvalue weighted by molar-refractivity contribution is 9.10. The van der Waals surface area contributed by atoms with Crippen molar-refractivity contribution in [1.82, 2.24) is 4.98 Å². The van der Waals surface area contributed by atoms with Gasteiger partial charge in [-0.25, -0.2) is 4.98 Å². The Balaban J connectivity index is 2.34. The van der Waals surface area contributed by atoms with Crippen molar-refractivity contribution in [3.05, 3.63) is 45.5 Å². The van der Waals surface area contributed by atoms with Crippen LogP contribution in [0.1, 0.15) is 5.56 Å². The molecule has 17 heavy (non-hydrogen) atoms. The quantitative estimate of drug-likeness (QED) is 0.904. The van der Waals surface area contributed by atoms with Crippen LogP contribution < -0.4 is 10.5 Å². The van der Waals surface area contributed by atoms with E-state index in [1.807, 2.05) is 19.1 Å². The van der Waals surface area contributed by atoms with Crippen LogP contribution in [0.5, 0.6) is 11.6 Å². The Kier molecular flexibility index (Phi) is 3.54. The van der Waals surface area contributed by atoms with E-state index in [0.717, 1.165) is 10.0 Å². The van der Waals surface area contributed by atoms with E-state index in [0.29, 0.717) is 22.3 Å². The number of rotatable bonds is 2. The van der Waals surface area contributed by atoms with Crippen LogP contribution >= 0.6 is 27.5 Å². The molecule has 3 nitrogen and oxygen atoms in total. The molecule has 0 amide bonds. The fourth-order valence-electron chi connectivity index (χ4n) is 1.32. The van der Waals surface area contributed by atoms with E-state index in [4.69, 9.17) is 22.1 Å². The summed E-state index contributed by atoms with van der Waals surface area (Å²) in [4.78, 5) is 4.09. The zero-order valence-corrected chi connectivity index (χ0v) is 11.4. The van der Waals surface area contributed by atoms with E-state index >= 15 is 0 Å². The minimum atomic E-state index is 0.348. The van der Waals surface area contributed by atoms with Gasteiger partial charge >= 0.3 is 0 Å². The Morgan fingerprint density at radius 3 is 2.82 bits per heavy atom. The van der Waals surface area contributed by atoms with Gasteiger partial charge in [-0.2, -0.15) is 0 Å². The molecule has 0 aliphatic rings. The molecule has 1 aromatic carbocycles. The van der Waals surface area contributed by atoms with E-state index in [1.54, 1.807) is 18.3 Å². The van der Waals surface area contributed by atoms with E-state index < -0.39 is 0 Å². The fourth-order valence-corrected chi connectivity index (χ4v) is 1.83. The van der Waals surface area contributed by atoms with Gasteiger partial charge in [-0.05, 0) is 46.6 Å². The lowest BCUT2D eigenvalue weighted by Crippen LogP contribution is -1.95. The lowest BCUT2D eigenvalue weighted by atomic mass is 10.2. The summed E-state index contributed by atoms with van der Waals surface area (Å²) in [5, 5.41) is 0.528. The molecule has 0 bridgehead atoms. The molecule has 0 saturated heterocycles. The number of aromatic nitrogens is 1. The van der Waals surface area contributed by atoms with Gasteiger partial charge in [0, 0.05) is 10.7 Å². The highest BCUT2D eigenvalue weighted by Gasteiger charge is 2.07. The van der Waals surface area contributed by atoms with E-state index in [-0.39, 0.29) is 0 Å². The number of hydrogen-bond acceptors (Lipinski definition) is 3. The third-order valence-corrected chi connectivity index (χ3v) is 2.88. The first-order valence-electron chi connectivity index (χ1n) is 4.91. The molecule has 0 spiro atoms. The van der Waals surface area contributed by atoms with Crippen LogP contribution in [-0.4, -0.2) is 4.98 Å². The van der Waals surface area contributed by atoms with E-state index in [2.05, 4.69) is 20.9 Å². The van der Waals surface area contributed by atoms with Crippen molar-refractivity contribution in [1.29, 1.82) is 0 Å². The number of halogens is 2. The van der Waals surface area contributed by atoms with E-state index in [9.17, 15) is 0 Å². The summed E-state index contributed by atoms with van der Waals surface area (Å²) in [6, 6.07) is 7.26. The second-order valence-electron chi connectivity index (χ2n) is 3.58. The van der Waals surface area contributed by atoms with Crippen LogP contribution in [0.4, 0.5) is 5.69 Å². The van der Waals surface area contributed by atoms with Gasteiger partial charge in [-0.15, -0.1) is 0 Å². The number of hydrogen-bond donors (Lipinski definition) is 1. The van der Waals surface area contributed by atoms with Crippen molar-refractivity contribution < 1.29 is 4.74 Å². The van der Waals surface area contributed by atoms with Crippen LogP contribution in [0.3, 0.4) is 0 Å². The van der Waals surface area contributed by atoms with Crippen molar-refractivity contribution >= 4 is 33.2 Å². The Labute approximate surface area is 113 Å². The first-order chi connectivity index (χ1) is 8.06. The molecule has 0 aliphatic carbocycles. The molecule has 2 aromatic rings. The number of nitrogen functional groups attached to an aromatic ring is 1. The summed E-state index contributed by atoms with van der Waals surface area (Å²) in [7, 11) is 0. The maximum atomic E-state index is 6.03. The maximum Gasteiger partial charge on any atom is 0.242 e. The molecule has 1 heterocycles. The van der Waals surface area contributed by atoms with Gasteiger partial charge in [0.25, 0.3) is 0 Å². The Morgan fingerprint density at radius 2 is 2.12 bits per heavy atom. The molecule has 0 atom stereocenters. The lowest BCUT2D eigenvalue weighted by Gasteiger charge is -2.09. The zero-order chi connectivity index (χ0) is 12.4. The predicted molar refractivity (Wildman–Crippen MR) is 72.6 cm³/mol. The molecule has 0 unspecified atom stereocenters. The molecular weight excluding hydrogens is 304 g/mol. The van der Waals surface area contributed by atoms with Gasteiger partial charge in [0.1, 0.15) is 5.75 Å². The molecule has 0 fully saturated rings. The highest BCUT2D eigenvalue weighted by Crippen LogP contribution is 2.32. The Hall–Kier alpha value is -1.26. The summed E-state index contributed by atoms with van der Waals surface area (Å²) < 4.78 is 6.39. The highest BCUT2D eigenvalue weighted by atomic mass is 79.9. The second-order valence-corrected chi connectivity index (χ2v) is 4.91. The van der Waals surface area contributed by atoms with Crippen molar-refractivity contribution in [2.75, 3.05) is 5.73 Å².